The average molecular weight is 348 g/mol. The van der Waals surface area contributed by atoms with E-state index in [9.17, 15) is 9.59 Å². The summed E-state index contributed by atoms with van der Waals surface area (Å²) in [5, 5.41) is 11.5. The third kappa shape index (κ3) is 3.12. The molecule has 0 unspecified atom stereocenters. The number of likely N-dealkylation sites (N-methyl/N-ethyl adjacent to an activating group) is 1. The molecule has 1 aliphatic rings. The summed E-state index contributed by atoms with van der Waals surface area (Å²) < 4.78 is 1.82. The zero-order chi connectivity index (χ0) is 17.3. The molecule has 0 radical (unpaired) electrons. The molecule has 1 aromatic carbocycles. The highest BCUT2D eigenvalue weighted by Gasteiger charge is 2.26. The smallest absolute Gasteiger partial charge is 0.291 e. The van der Waals surface area contributed by atoms with Gasteiger partial charge in [-0.1, -0.05) is 11.6 Å². The molecule has 24 heavy (non-hydrogen) atoms. The minimum atomic E-state index is -0.163. The normalized spacial score (nSPS) is 13.8. The highest BCUT2D eigenvalue weighted by molar-refractivity contribution is 6.31. The maximum Gasteiger partial charge on any atom is 0.291 e. The second-order valence-electron chi connectivity index (χ2n) is 5.79. The molecule has 0 bridgehead atoms. The maximum atomic E-state index is 12.2. The number of rotatable bonds is 4. The fourth-order valence-corrected chi connectivity index (χ4v) is 2.73. The summed E-state index contributed by atoms with van der Waals surface area (Å²) in [6.45, 7) is 3.58. The van der Waals surface area contributed by atoms with Crippen LogP contribution >= 0.6 is 11.6 Å². The first-order valence-electron chi connectivity index (χ1n) is 7.69. The lowest BCUT2D eigenvalue weighted by molar-refractivity contribution is 0.0739. The molecule has 3 rings (SSSR count). The quantitative estimate of drug-likeness (QED) is 0.904. The summed E-state index contributed by atoms with van der Waals surface area (Å²) in [6.07, 6.45) is 0.516. The van der Waals surface area contributed by atoms with Gasteiger partial charge in [-0.05, 0) is 30.7 Å². The van der Waals surface area contributed by atoms with Gasteiger partial charge in [0.05, 0.1) is 0 Å². The lowest BCUT2D eigenvalue weighted by Gasteiger charge is -2.23. The molecule has 126 valence electrons. The van der Waals surface area contributed by atoms with Crippen molar-refractivity contribution in [1.29, 1.82) is 0 Å². The summed E-state index contributed by atoms with van der Waals surface area (Å²) in [6, 6.07) is 5.16. The molecule has 2 aromatic rings. The first-order chi connectivity index (χ1) is 11.5. The Labute approximate surface area is 144 Å². The molecular formula is C16H18ClN5O2. The topological polar surface area (TPSA) is 80.1 Å². The molecule has 0 atom stereocenters. The number of carbonyl (C=O) groups excluding carboxylic acids is 2. The Morgan fingerprint density at radius 3 is 2.88 bits per heavy atom. The van der Waals surface area contributed by atoms with Gasteiger partial charge in [-0.15, -0.1) is 10.2 Å². The molecule has 0 saturated heterocycles. The van der Waals surface area contributed by atoms with Gasteiger partial charge in [0.1, 0.15) is 5.82 Å². The van der Waals surface area contributed by atoms with Crippen LogP contribution in [0.15, 0.2) is 18.2 Å². The van der Waals surface area contributed by atoms with Crippen molar-refractivity contribution in [3.05, 3.63) is 46.0 Å². The van der Waals surface area contributed by atoms with E-state index in [1.165, 1.54) is 0 Å². The molecule has 7 nitrogen and oxygen atoms in total. The summed E-state index contributed by atoms with van der Waals surface area (Å²) in [5.74, 6) is 0.780. The summed E-state index contributed by atoms with van der Waals surface area (Å²) >= 11 is 5.97. The van der Waals surface area contributed by atoms with Crippen LogP contribution in [0.2, 0.25) is 5.02 Å². The summed E-state index contributed by atoms with van der Waals surface area (Å²) in [4.78, 5) is 25.8. The molecule has 8 heteroatoms. The SMILES string of the molecule is Cc1cc(C(=O)NCCc2nnc3n2CCN(C)C3=O)ccc1Cl. The lowest BCUT2D eigenvalue weighted by Crippen LogP contribution is -2.38. The van der Waals surface area contributed by atoms with Gasteiger partial charge in [-0.3, -0.25) is 9.59 Å². The number of nitrogens with zero attached hydrogens (tertiary/aromatic N) is 4. The van der Waals surface area contributed by atoms with Crippen molar-refractivity contribution in [2.75, 3.05) is 20.1 Å². The van der Waals surface area contributed by atoms with E-state index in [1.807, 2.05) is 11.5 Å². The zero-order valence-electron chi connectivity index (χ0n) is 13.5. The number of carbonyl (C=O) groups is 2. The van der Waals surface area contributed by atoms with Crippen molar-refractivity contribution in [3.63, 3.8) is 0 Å². The molecule has 0 fully saturated rings. The van der Waals surface area contributed by atoms with Crippen LogP contribution in [0.25, 0.3) is 0 Å². The van der Waals surface area contributed by atoms with E-state index in [1.54, 1.807) is 30.1 Å². The number of nitrogens with one attached hydrogen (secondary N) is 1. The highest BCUT2D eigenvalue weighted by Crippen LogP contribution is 2.16. The number of benzene rings is 1. The minimum absolute atomic E-state index is 0.124. The maximum absolute atomic E-state index is 12.2. The van der Waals surface area contributed by atoms with E-state index in [2.05, 4.69) is 15.5 Å². The van der Waals surface area contributed by atoms with Gasteiger partial charge in [-0.2, -0.15) is 0 Å². The Bertz CT molecular complexity index is 802. The third-order valence-electron chi connectivity index (χ3n) is 4.08. The van der Waals surface area contributed by atoms with Crippen LogP contribution in [0.1, 0.15) is 32.4 Å². The number of hydrogen-bond donors (Lipinski definition) is 1. The van der Waals surface area contributed by atoms with E-state index < -0.39 is 0 Å². The van der Waals surface area contributed by atoms with Crippen molar-refractivity contribution >= 4 is 23.4 Å². The van der Waals surface area contributed by atoms with Crippen LogP contribution in [0, 0.1) is 6.92 Å². The molecule has 2 amide bonds. The number of hydrogen-bond acceptors (Lipinski definition) is 4. The fourth-order valence-electron chi connectivity index (χ4n) is 2.61. The van der Waals surface area contributed by atoms with Gasteiger partial charge >= 0.3 is 0 Å². The van der Waals surface area contributed by atoms with Gasteiger partial charge in [0, 0.05) is 43.7 Å². The van der Waals surface area contributed by atoms with Gasteiger partial charge < -0.3 is 14.8 Å². The van der Waals surface area contributed by atoms with Crippen molar-refractivity contribution in [2.24, 2.45) is 0 Å². The van der Waals surface area contributed by atoms with Crippen molar-refractivity contribution in [3.8, 4) is 0 Å². The third-order valence-corrected chi connectivity index (χ3v) is 4.50. The van der Waals surface area contributed by atoms with Crippen LogP contribution in [0.4, 0.5) is 0 Å². The van der Waals surface area contributed by atoms with E-state index in [4.69, 9.17) is 11.6 Å². The zero-order valence-corrected chi connectivity index (χ0v) is 14.3. The predicted octanol–water partition coefficient (Wildman–Crippen LogP) is 1.30. The van der Waals surface area contributed by atoms with E-state index in [-0.39, 0.29) is 11.8 Å². The number of fused-ring (bicyclic) bond motifs is 1. The average Bonchev–Trinajstić information content (AvgIpc) is 2.97. The summed E-state index contributed by atoms with van der Waals surface area (Å²) in [5.41, 5.74) is 1.43. The van der Waals surface area contributed by atoms with Gasteiger partial charge in [0.15, 0.2) is 0 Å². The first kappa shape index (κ1) is 16.4. The van der Waals surface area contributed by atoms with Crippen molar-refractivity contribution in [1.82, 2.24) is 25.0 Å². The Hall–Kier alpha value is -2.41. The molecule has 0 aliphatic carbocycles. The van der Waals surface area contributed by atoms with Crippen LogP contribution < -0.4 is 5.32 Å². The fraction of sp³-hybridized carbons (Fsp3) is 0.375. The molecular weight excluding hydrogens is 330 g/mol. The van der Waals surface area contributed by atoms with Crippen LogP contribution in [-0.2, 0) is 13.0 Å². The van der Waals surface area contributed by atoms with Gasteiger partial charge in [0.25, 0.3) is 11.8 Å². The van der Waals surface area contributed by atoms with Crippen LogP contribution in [-0.4, -0.2) is 51.6 Å². The number of aromatic nitrogens is 3. The van der Waals surface area contributed by atoms with Crippen LogP contribution in [0.3, 0.4) is 0 Å². The molecule has 1 aliphatic heterocycles. The second kappa shape index (κ2) is 6.60. The molecule has 0 spiro atoms. The Balaban J connectivity index is 1.61. The number of halogens is 1. The largest absolute Gasteiger partial charge is 0.352 e. The second-order valence-corrected chi connectivity index (χ2v) is 6.20. The number of aryl methyl sites for hydroxylation is 1. The molecule has 0 saturated carbocycles. The molecule has 1 aromatic heterocycles. The molecule has 2 heterocycles. The van der Waals surface area contributed by atoms with Crippen LogP contribution in [0.5, 0.6) is 0 Å². The van der Waals surface area contributed by atoms with Crippen molar-refractivity contribution in [2.45, 2.75) is 19.9 Å². The summed E-state index contributed by atoms with van der Waals surface area (Å²) in [7, 11) is 1.74. The van der Waals surface area contributed by atoms with E-state index in [0.717, 1.165) is 5.56 Å². The van der Waals surface area contributed by atoms with E-state index in [0.29, 0.717) is 48.3 Å². The standard InChI is InChI=1S/C16H18ClN5O2/c1-10-9-11(3-4-12(10)17)15(23)18-6-5-13-19-20-14-16(24)21(2)7-8-22(13)14/h3-4,9H,5-8H2,1-2H3,(H,18,23). The Morgan fingerprint density at radius 2 is 2.12 bits per heavy atom. The first-order valence-corrected chi connectivity index (χ1v) is 8.07. The van der Waals surface area contributed by atoms with E-state index >= 15 is 0 Å². The van der Waals surface area contributed by atoms with Gasteiger partial charge in [0.2, 0.25) is 5.82 Å². The monoisotopic (exact) mass is 347 g/mol. The highest BCUT2D eigenvalue weighted by atomic mass is 35.5. The predicted molar refractivity (Wildman–Crippen MR) is 89.2 cm³/mol. The molecule has 1 N–H and O–H groups in total. The number of amides is 2. The van der Waals surface area contributed by atoms with Gasteiger partial charge in [-0.25, -0.2) is 0 Å². The van der Waals surface area contributed by atoms with Crippen molar-refractivity contribution < 1.29 is 9.59 Å². The minimum Gasteiger partial charge on any atom is -0.352 e. The Kier molecular flexibility index (Phi) is 4.53. The Morgan fingerprint density at radius 1 is 1.33 bits per heavy atom. The lowest BCUT2D eigenvalue weighted by atomic mass is 10.1.